The maximum atomic E-state index is 5.43. The number of pyridine rings is 1. The third-order valence-electron chi connectivity index (χ3n) is 3.34. The minimum atomic E-state index is 0.151. The van der Waals surface area contributed by atoms with Crippen LogP contribution in [0.2, 0.25) is 0 Å². The topological polar surface area (TPSA) is 49.8 Å². The smallest absolute Gasteiger partial charge is 0.120 e. The number of morpholine rings is 1. The van der Waals surface area contributed by atoms with Gasteiger partial charge < -0.3 is 10.1 Å². The van der Waals surface area contributed by atoms with Crippen molar-refractivity contribution in [3.63, 3.8) is 0 Å². The Morgan fingerprint density at radius 3 is 2.83 bits per heavy atom. The van der Waals surface area contributed by atoms with Gasteiger partial charge in [-0.3, -0.25) is 14.9 Å². The van der Waals surface area contributed by atoms with Gasteiger partial charge in [0.15, 0.2) is 0 Å². The second-order valence-electron chi connectivity index (χ2n) is 4.50. The van der Waals surface area contributed by atoms with E-state index in [4.69, 9.17) is 4.74 Å². The number of aliphatic imine (C=N–C) groups is 1. The molecule has 1 aromatic heterocycles. The molecule has 1 atom stereocenters. The predicted molar refractivity (Wildman–Crippen MR) is 69.7 cm³/mol. The van der Waals surface area contributed by atoms with Crippen molar-refractivity contribution in [1.82, 2.24) is 15.2 Å². The van der Waals surface area contributed by atoms with Crippen molar-refractivity contribution in [2.24, 2.45) is 4.99 Å². The van der Waals surface area contributed by atoms with Gasteiger partial charge in [0, 0.05) is 25.8 Å². The quantitative estimate of drug-likeness (QED) is 0.841. The molecular formula is C13H18N4O. The molecule has 1 aromatic rings. The summed E-state index contributed by atoms with van der Waals surface area (Å²) in [5, 5.41) is 3.38. The van der Waals surface area contributed by atoms with Crippen molar-refractivity contribution in [2.75, 3.05) is 39.4 Å². The summed E-state index contributed by atoms with van der Waals surface area (Å²) in [5.74, 6) is 1.05. The molecule has 0 bridgehead atoms. The van der Waals surface area contributed by atoms with Gasteiger partial charge in [-0.05, 0) is 12.1 Å². The number of rotatable bonds is 3. The molecule has 18 heavy (non-hydrogen) atoms. The van der Waals surface area contributed by atoms with Gasteiger partial charge >= 0.3 is 0 Å². The Balaban J connectivity index is 1.87. The lowest BCUT2D eigenvalue weighted by atomic mass is 10.1. The number of amidine groups is 1. The second kappa shape index (κ2) is 5.46. The average molecular weight is 246 g/mol. The Bertz CT molecular complexity index is 414. The lowest BCUT2D eigenvalue weighted by molar-refractivity contribution is 0.0276. The van der Waals surface area contributed by atoms with Crippen LogP contribution in [-0.4, -0.2) is 55.1 Å². The van der Waals surface area contributed by atoms with Crippen LogP contribution in [0.3, 0.4) is 0 Å². The highest BCUT2D eigenvalue weighted by Gasteiger charge is 2.29. The minimum absolute atomic E-state index is 0.151. The summed E-state index contributed by atoms with van der Waals surface area (Å²) in [6, 6.07) is 6.20. The molecule has 5 heteroatoms. The zero-order valence-electron chi connectivity index (χ0n) is 10.4. The molecule has 3 rings (SSSR count). The summed E-state index contributed by atoms with van der Waals surface area (Å²) in [6.45, 7) is 5.24. The molecule has 0 spiro atoms. The monoisotopic (exact) mass is 246 g/mol. The van der Waals surface area contributed by atoms with E-state index in [1.807, 2.05) is 18.3 Å². The number of hydrogen-bond donors (Lipinski definition) is 1. The molecule has 2 aliphatic rings. The number of hydrogen-bond acceptors (Lipinski definition) is 5. The van der Waals surface area contributed by atoms with Gasteiger partial charge in [-0.2, -0.15) is 0 Å². The summed E-state index contributed by atoms with van der Waals surface area (Å²) in [5.41, 5.74) is 1.06. The van der Waals surface area contributed by atoms with Crippen molar-refractivity contribution in [1.29, 1.82) is 0 Å². The van der Waals surface area contributed by atoms with E-state index in [1.54, 1.807) is 0 Å². The van der Waals surface area contributed by atoms with Crippen molar-refractivity contribution in [3.8, 4) is 0 Å². The van der Waals surface area contributed by atoms with E-state index < -0.39 is 0 Å². The minimum Gasteiger partial charge on any atom is -0.379 e. The van der Waals surface area contributed by atoms with Crippen LogP contribution in [0.15, 0.2) is 29.4 Å². The van der Waals surface area contributed by atoms with Gasteiger partial charge in [0.25, 0.3) is 0 Å². The Labute approximate surface area is 107 Å². The molecule has 0 aliphatic carbocycles. The van der Waals surface area contributed by atoms with Gasteiger partial charge in [0.1, 0.15) is 11.9 Å². The van der Waals surface area contributed by atoms with Gasteiger partial charge in [-0.25, -0.2) is 0 Å². The average Bonchev–Trinajstić information content (AvgIpc) is 2.95. The van der Waals surface area contributed by atoms with E-state index in [9.17, 15) is 0 Å². The van der Waals surface area contributed by atoms with E-state index in [0.717, 1.165) is 50.9 Å². The van der Waals surface area contributed by atoms with Crippen molar-refractivity contribution in [2.45, 2.75) is 6.04 Å². The van der Waals surface area contributed by atoms with Crippen LogP contribution in [0.5, 0.6) is 0 Å². The summed E-state index contributed by atoms with van der Waals surface area (Å²) in [7, 11) is 0. The Morgan fingerprint density at radius 1 is 1.28 bits per heavy atom. The molecule has 5 nitrogen and oxygen atoms in total. The van der Waals surface area contributed by atoms with Crippen molar-refractivity contribution >= 4 is 5.84 Å². The zero-order chi connectivity index (χ0) is 12.2. The maximum absolute atomic E-state index is 5.43. The fraction of sp³-hybridized carbons (Fsp3) is 0.538. The highest BCUT2D eigenvalue weighted by molar-refractivity contribution is 5.89. The van der Waals surface area contributed by atoms with E-state index in [0.29, 0.717) is 0 Å². The Morgan fingerprint density at radius 2 is 2.17 bits per heavy atom. The molecule has 1 saturated heterocycles. The third-order valence-corrected chi connectivity index (χ3v) is 3.34. The molecule has 0 saturated carbocycles. The van der Waals surface area contributed by atoms with Gasteiger partial charge in [-0.1, -0.05) is 6.07 Å². The van der Waals surface area contributed by atoms with E-state index in [1.165, 1.54) is 0 Å². The number of nitrogens with one attached hydrogen (secondary N) is 1. The first-order valence-corrected chi connectivity index (χ1v) is 6.46. The van der Waals surface area contributed by atoms with Crippen molar-refractivity contribution < 1.29 is 4.74 Å². The first kappa shape index (κ1) is 11.6. The van der Waals surface area contributed by atoms with Crippen LogP contribution in [0, 0.1) is 0 Å². The van der Waals surface area contributed by atoms with Gasteiger partial charge in [0.05, 0.1) is 25.5 Å². The van der Waals surface area contributed by atoms with E-state index in [2.05, 4.69) is 26.3 Å². The van der Waals surface area contributed by atoms with Crippen molar-refractivity contribution in [3.05, 3.63) is 30.1 Å². The Kier molecular flexibility index (Phi) is 3.52. The fourth-order valence-corrected chi connectivity index (χ4v) is 2.47. The molecule has 0 aromatic carbocycles. The molecule has 1 N–H and O–H groups in total. The van der Waals surface area contributed by atoms with Crippen LogP contribution in [0.1, 0.15) is 11.7 Å². The molecule has 1 fully saturated rings. The highest BCUT2D eigenvalue weighted by atomic mass is 16.5. The van der Waals surface area contributed by atoms with Gasteiger partial charge in [0.2, 0.25) is 0 Å². The summed E-state index contributed by atoms with van der Waals surface area (Å²) in [4.78, 5) is 11.5. The normalized spacial score (nSPS) is 22.3. The number of aromatic nitrogens is 1. The maximum Gasteiger partial charge on any atom is 0.120 e. The van der Waals surface area contributed by atoms with Crippen LogP contribution >= 0.6 is 0 Å². The largest absolute Gasteiger partial charge is 0.379 e. The predicted octanol–water partition coefficient (Wildman–Crippen LogP) is 0.457. The molecule has 96 valence electrons. The lowest BCUT2D eigenvalue weighted by Gasteiger charge is -2.34. The first-order chi connectivity index (χ1) is 8.95. The summed E-state index contributed by atoms with van der Waals surface area (Å²) >= 11 is 0. The molecule has 1 unspecified atom stereocenters. The Hall–Kier alpha value is -1.46. The van der Waals surface area contributed by atoms with E-state index in [-0.39, 0.29) is 6.04 Å². The summed E-state index contributed by atoms with van der Waals surface area (Å²) in [6.07, 6.45) is 1.85. The van der Waals surface area contributed by atoms with Crippen LogP contribution < -0.4 is 5.32 Å². The standard InChI is InChI=1S/C13H18N4O/c1-2-4-14-11(3-1)12(13-15-5-6-16-13)17-7-9-18-10-8-17/h1-4,12H,5-10H2,(H,15,16). The fourth-order valence-electron chi connectivity index (χ4n) is 2.47. The molecule has 0 amide bonds. The molecule has 2 aliphatic heterocycles. The first-order valence-electron chi connectivity index (χ1n) is 6.46. The number of ether oxygens (including phenoxy) is 1. The highest BCUT2D eigenvalue weighted by Crippen LogP contribution is 2.22. The van der Waals surface area contributed by atoms with Crippen LogP contribution in [-0.2, 0) is 4.74 Å². The van der Waals surface area contributed by atoms with Crippen LogP contribution in [0.4, 0.5) is 0 Å². The zero-order valence-corrected chi connectivity index (χ0v) is 10.4. The van der Waals surface area contributed by atoms with E-state index >= 15 is 0 Å². The molecule has 0 radical (unpaired) electrons. The summed E-state index contributed by atoms with van der Waals surface area (Å²) < 4.78 is 5.43. The lowest BCUT2D eigenvalue weighted by Crippen LogP contribution is -2.45. The second-order valence-corrected chi connectivity index (χ2v) is 4.50. The molecule has 3 heterocycles. The van der Waals surface area contributed by atoms with Gasteiger partial charge in [-0.15, -0.1) is 0 Å². The third kappa shape index (κ3) is 2.37. The number of nitrogens with zero attached hydrogens (tertiary/aromatic N) is 3. The molecular weight excluding hydrogens is 228 g/mol. The SMILES string of the molecule is c1ccc(C(C2=NCCN2)N2CCOCC2)nc1. The van der Waals surface area contributed by atoms with Crippen LogP contribution in [0.25, 0.3) is 0 Å².